The molecule has 0 amide bonds. The minimum absolute atomic E-state index is 0.112. The van der Waals surface area contributed by atoms with Gasteiger partial charge in [-0.1, -0.05) is 0 Å². The van der Waals surface area contributed by atoms with Crippen molar-refractivity contribution in [2.45, 2.75) is 0 Å². The summed E-state index contributed by atoms with van der Waals surface area (Å²) in [6.45, 7) is 0. The number of carboxylic acid groups (broad SMARTS) is 1. The predicted molar refractivity (Wildman–Crippen MR) is 52.1 cm³/mol. The van der Waals surface area contributed by atoms with Crippen LogP contribution < -0.4 is 5.73 Å². The van der Waals surface area contributed by atoms with Crippen LogP contribution in [0, 0.1) is 0 Å². The molecule has 0 atom stereocenters. The molecular formula is C9H9N3O2. The van der Waals surface area contributed by atoms with E-state index >= 15 is 0 Å². The second kappa shape index (κ2) is 2.73. The third-order valence-corrected chi connectivity index (χ3v) is 2.13. The number of fused-ring (bicyclic) bond motifs is 1. The van der Waals surface area contributed by atoms with Gasteiger partial charge in [-0.05, 0) is 12.1 Å². The van der Waals surface area contributed by atoms with Gasteiger partial charge in [-0.15, -0.1) is 0 Å². The Morgan fingerprint density at radius 2 is 2.29 bits per heavy atom. The fourth-order valence-electron chi connectivity index (χ4n) is 1.38. The number of carboxylic acids is 1. The van der Waals surface area contributed by atoms with Crippen molar-refractivity contribution in [3.63, 3.8) is 0 Å². The first kappa shape index (κ1) is 8.55. The number of benzene rings is 1. The van der Waals surface area contributed by atoms with Crippen molar-refractivity contribution in [1.82, 2.24) is 9.55 Å². The highest BCUT2D eigenvalue weighted by molar-refractivity contribution is 5.98. The van der Waals surface area contributed by atoms with Gasteiger partial charge in [0, 0.05) is 12.7 Å². The molecular weight excluding hydrogens is 182 g/mol. The van der Waals surface area contributed by atoms with E-state index in [1.165, 1.54) is 6.07 Å². The lowest BCUT2D eigenvalue weighted by Gasteiger charge is -2.01. The highest BCUT2D eigenvalue weighted by atomic mass is 16.4. The Morgan fingerprint density at radius 3 is 2.93 bits per heavy atom. The van der Waals surface area contributed by atoms with Crippen molar-refractivity contribution in [2.24, 2.45) is 7.05 Å². The molecule has 72 valence electrons. The summed E-state index contributed by atoms with van der Waals surface area (Å²) in [5, 5.41) is 8.84. The molecule has 1 heterocycles. The Hall–Kier alpha value is -2.04. The van der Waals surface area contributed by atoms with Gasteiger partial charge in [0.1, 0.15) is 0 Å². The Balaban J connectivity index is 2.80. The Kier molecular flexibility index (Phi) is 1.67. The first-order valence-electron chi connectivity index (χ1n) is 4.03. The minimum Gasteiger partial charge on any atom is -0.478 e. The van der Waals surface area contributed by atoms with Gasteiger partial charge in [-0.25, -0.2) is 9.78 Å². The lowest BCUT2D eigenvalue weighted by atomic mass is 10.1. The molecule has 1 aromatic heterocycles. The van der Waals surface area contributed by atoms with E-state index in [1.54, 1.807) is 24.0 Å². The van der Waals surface area contributed by atoms with E-state index in [0.717, 1.165) is 5.52 Å². The fourth-order valence-corrected chi connectivity index (χ4v) is 1.38. The molecule has 2 rings (SSSR count). The summed E-state index contributed by atoms with van der Waals surface area (Å²) in [5.74, 6) is -1.02. The minimum atomic E-state index is -1.02. The Labute approximate surface area is 79.8 Å². The molecule has 0 fully saturated rings. The van der Waals surface area contributed by atoms with Gasteiger partial charge >= 0.3 is 5.97 Å². The highest BCUT2D eigenvalue weighted by Crippen LogP contribution is 2.20. The summed E-state index contributed by atoms with van der Waals surface area (Å²) < 4.78 is 1.75. The number of anilines is 1. The van der Waals surface area contributed by atoms with Crippen LogP contribution in [-0.2, 0) is 7.05 Å². The summed E-state index contributed by atoms with van der Waals surface area (Å²) in [7, 11) is 1.80. The molecule has 5 nitrogen and oxygen atoms in total. The number of nitrogens with zero attached hydrogens (tertiary/aromatic N) is 2. The van der Waals surface area contributed by atoms with E-state index in [2.05, 4.69) is 4.98 Å². The van der Waals surface area contributed by atoms with E-state index in [9.17, 15) is 4.79 Å². The summed E-state index contributed by atoms with van der Waals surface area (Å²) >= 11 is 0. The van der Waals surface area contributed by atoms with Crippen LogP contribution in [0.4, 0.5) is 5.69 Å². The number of imidazole rings is 1. The zero-order valence-corrected chi connectivity index (χ0v) is 7.56. The molecule has 0 aliphatic rings. The largest absolute Gasteiger partial charge is 0.478 e. The van der Waals surface area contributed by atoms with Gasteiger partial charge in [0.2, 0.25) is 0 Å². The molecule has 0 radical (unpaired) electrons. The number of nitrogen functional groups attached to an aromatic ring is 1. The standard InChI is InChI=1S/C9H9N3O2/c1-12-4-11-7-3-6(10)5(9(13)14)2-8(7)12/h2-4H,10H2,1H3,(H,13,14). The Bertz CT molecular complexity index is 516. The molecule has 0 saturated heterocycles. The summed E-state index contributed by atoms with van der Waals surface area (Å²) in [4.78, 5) is 14.9. The maximum atomic E-state index is 10.8. The van der Waals surface area contributed by atoms with Crippen LogP contribution in [0.25, 0.3) is 11.0 Å². The van der Waals surface area contributed by atoms with E-state index in [-0.39, 0.29) is 11.3 Å². The van der Waals surface area contributed by atoms with Crippen LogP contribution in [0.15, 0.2) is 18.5 Å². The normalized spacial score (nSPS) is 10.6. The highest BCUT2D eigenvalue weighted by Gasteiger charge is 2.11. The van der Waals surface area contributed by atoms with E-state index in [4.69, 9.17) is 10.8 Å². The third kappa shape index (κ3) is 1.10. The molecule has 3 N–H and O–H groups in total. The van der Waals surface area contributed by atoms with E-state index < -0.39 is 5.97 Å². The first-order valence-corrected chi connectivity index (χ1v) is 4.03. The molecule has 2 aromatic rings. The van der Waals surface area contributed by atoms with E-state index in [1.807, 2.05) is 0 Å². The van der Waals surface area contributed by atoms with Crippen LogP contribution in [0.1, 0.15) is 10.4 Å². The average Bonchev–Trinajstić information content (AvgIpc) is 2.46. The lowest BCUT2D eigenvalue weighted by Crippen LogP contribution is -2.02. The molecule has 0 unspecified atom stereocenters. The monoisotopic (exact) mass is 191 g/mol. The van der Waals surface area contributed by atoms with Crippen LogP contribution in [-0.4, -0.2) is 20.6 Å². The maximum absolute atomic E-state index is 10.8. The van der Waals surface area contributed by atoms with Crippen LogP contribution in [0.3, 0.4) is 0 Å². The second-order valence-electron chi connectivity index (χ2n) is 3.09. The number of hydrogen-bond donors (Lipinski definition) is 2. The number of rotatable bonds is 1. The van der Waals surface area contributed by atoms with Crippen molar-refractivity contribution in [3.8, 4) is 0 Å². The Morgan fingerprint density at radius 1 is 1.57 bits per heavy atom. The molecule has 0 spiro atoms. The van der Waals surface area contributed by atoms with Crippen molar-refractivity contribution >= 4 is 22.7 Å². The second-order valence-corrected chi connectivity index (χ2v) is 3.09. The van der Waals surface area contributed by atoms with Gasteiger partial charge in [0.15, 0.2) is 0 Å². The van der Waals surface area contributed by atoms with Crippen LogP contribution >= 0.6 is 0 Å². The summed E-state index contributed by atoms with van der Waals surface area (Å²) in [6.07, 6.45) is 1.62. The van der Waals surface area contributed by atoms with Crippen molar-refractivity contribution in [3.05, 3.63) is 24.0 Å². The van der Waals surface area contributed by atoms with Gasteiger partial charge in [-0.3, -0.25) is 0 Å². The summed E-state index contributed by atoms with van der Waals surface area (Å²) in [5.41, 5.74) is 7.38. The van der Waals surface area contributed by atoms with Crippen molar-refractivity contribution in [2.75, 3.05) is 5.73 Å². The van der Waals surface area contributed by atoms with Gasteiger partial charge in [-0.2, -0.15) is 0 Å². The zero-order chi connectivity index (χ0) is 10.3. The van der Waals surface area contributed by atoms with Crippen molar-refractivity contribution in [1.29, 1.82) is 0 Å². The summed E-state index contributed by atoms with van der Waals surface area (Å²) in [6, 6.07) is 3.10. The lowest BCUT2D eigenvalue weighted by molar-refractivity contribution is 0.0698. The number of nitrogens with two attached hydrogens (primary N) is 1. The van der Waals surface area contributed by atoms with Crippen molar-refractivity contribution < 1.29 is 9.90 Å². The van der Waals surface area contributed by atoms with Gasteiger partial charge < -0.3 is 15.4 Å². The number of aromatic carboxylic acids is 1. The molecule has 0 aliphatic heterocycles. The quantitative estimate of drug-likeness (QED) is 0.655. The van der Waals surface area contributed by atoms with Gasteiger partial charge in [0.25, 0.3) is 0 Å². The maximum Gasteiger partial charge on any atom is 0.337 e. The zero-order valence-electron chi connectivity index (χ0n) is 7.56. The molecule has 0 saturated carbocycles. The smallest absolute Gasteiger partial charge is 0.337 e. The number of carbonyl (C=O) groups is 1. The van der Waals surface area contributed by atoms with Gasteiger partial charge in [0.05, 0.1) is 22.9 Å². The SMILES string of the molecule is Cn1cnc2cc(N)c(C(=O)O)cc21. The predicted octanol–water partition coefficient (Wildman–Crippen LogP) is 0.854. The molecule has 1 aromatic carbocycles. The third-order valence-electron chi connectivity index (χ3n) is 2.13. The number of hydrogen-bond acceptors (Lipinski definition) is 3. The average molecular weight is 191 g/mol. The number of aryl methyl sites for hydroxylation is 1. The van der Waals surface area contributed by atoms with Crippen LogP contribution in [0.2, 0.25) is 0 Å². The topological polar surface area (TPSA) is 81.1 Å². The fraction of sp³-hybridized carbons (Fsp3) is 0.111. The molecule has 5 heteroatoms. The molecule has 0 aliphatic carbocycles. The van der Waals surface area contributed by atoms with E-state index in [0.29, 0.717) is 5.52 Å². The molecule has 0 bridgehead atoms. The first-order chi connectivity index (χ1) is 6.59. The van der Waals surface area contributed by atoms with Crippen LogP contribution in [0.5, 0.6) is 0 Å². The molecule has 14 heavy (non-hydrogen) atoms. The number of aromatic nitrogens is 2.